The predicted octanol–water partition coefficient (Wildman–Crippen LogP) is 7.02. The summed E-state index contributed by atoms with van der Waals surface area (Å²) < 4.78 is 1.06. The van der Waals surface area contributed by atoms with E-state index in [2.05, 4.69) is 67.9 Å². The molecule has 0 saturated carbocycles. The summed E-state index contributed by atoms with van der Waals surface area (Å²) in [4.78, 5) is 0. The highest BCUT2D eigenvalue weighted by Crippen LogP contribution is 2.38. The second-order valence-corrected chi connectivity index (χ2v) is 7.37. The molecule has 0 aliphatic heterocycles. The van der Waals surface area contributed by atoms with E-state index in [0.29, 0.717) is 11.8 Å². The highest BCUT2D eigenvalue weighted by molar-refractivity contribution is 9.10. The van der Waals surface area contributed by atoms with Crippen molar-refractivity contribution in [2.75, 3.05) is 0 Å². The Bertz CT molecular complexity index is 617. The molecule has 1 atom stereocenters. The first kappa shape index (κ1) is 16.6. The first-order chi connectivity index (χ1) is 9.91. The molecule has 0 aliphatic rings. The molecule has 112 valence electrons. The van der Waals surface area contributed by atoms with E-state index in [4.69, 9.17) is 11.6 Å². The first-order valence-corrected chi connectivity index (χ1v) is 8.67. The number of halogens is 2. The Morgan fingerprint density at radius 3 is 2.05 bits per heavy atom. The fraction of sp³-hybridized carbons (Fsp3) is 0.368. The van der Waals surface area contributed by atoms with E-state index in [1.165, 1.54) is 16.7 Å². The van der Waals surface area contributed by atoms with Gasteiger partial charge in [0, 0.05) is 4.47 Å². The van der Waals surface area contributed by atoms with E-state index in [-0.39, 0.29) is 5.38 Å². The molecule has 0 heterocycles. The van der Waals surface area contributed by atoms with Gasteiger partial charge in [0.2, 0.25) is 0 Å². The van der Waals surface area contributed by atoms with E-state index in [0.717, 1.165) is 10.0 Å². The van der Waals surface area contributed by atoms with Gasteiger partial charge in [-0.3, -0.25) is 0 Å². The van der Waals surface area contributed by atoms with Crippen LogP contribution in [0.5, 0.6) is 0 Å². The molecule has 0 N–H and O–H groups in total. The van der Waals surface area contributed by atoms with Crippen LogP contribution >= 0.6 is 27.5 Å². The lowest BCUT2D eigenvalue weighted by molar-refractivity contribution is 0.818. The summed E-state index contributed by atoms with van der Waals surface area (Å²) >= 11 is 10.4. The number of hydrogen-bond donors (Lipinski definition) is 0. The Hall–Kier alpha value is -0.790. The van der Waals surface area contributed by atoms with Crippen LogP contribution in [-0.4, -0.2) is 0 Å². The van der Waals surface area contributed by atoms with E-state index in [1.807, 2.05) is 18.2 Å². The van der Waals surface area contributed by atoms with Crippen molar-refractivity contribution in [3.63, 3.8) is 0 Å². The van der Waals surface area contributed by atoms with E-state index in [1.54, 1.807) is 0 Å². The van der Waals surface area contributed by atoms with E-state index < -0.39 is 0 Å². The van der Waals surface area contributed by atoms with Crippen molar-refractivity contribution in [3.05, 3.63) is 69.2 Å². The minimum Gasteiger partial charge on any atom is -0.113 e. The Labute approximate surface area is 141 Å². The molecular weight excluding hydrogens is 344 g/mol. The summed E-state index contributed by atoms with van der Waals surface area (Å²) in [7, 11) is 0. The molecule has 2 rings (SSSR count). The zero-order valence-electron chi connectivity index (χ0n) is 13.0. The van der Waals surface area contributed by atoms with E-state index >= 15 is 0 Å². The number of hydrogen-bond acceptors (Lipinski definition) is 0. The fourth-order valence-corrected chi connectivity index (χ4v) is 3.57. The lowest BCUT2D eigenvalue weighted by Gasteiger charge is -2.20. The van der Waals surface area contributed by atoms with Crippen molar-refractivity contribution in [1.82, 2.24) is 0 Å². The number of benzene rings is 2. The minimum atomic E-state index is -0.126. The van der Waals surface area contributed by atoms with Crippen molar-refractivity contribution >= 4 is 27.5 Å². The first-order valence-electron chi connectivity index (χ1n) is 7.44. The molecular formula is C19H22BrCl. The standard InChI is InChI=1S/C19H22BrCl/c1-12(2)14-9-10-15(17(11-14)13(3)4)19(21)16-7-5-6-8-18(16)20/h5-13,19H,1-4H3. The number of alkyl halides is 1. The molecule has 0 nitrogen and oxygen atoms in total. The zero-order valence-corrected chi connectivity index (χ0v) is 15.4. The Morgan fingerprint density at radius 1 is 0.810 bits per heavy atom. The zero-order chi connectivity index (χ0) is 15.6. The fourth-order valence-electron chi connectivity index (χ4n) is 2.53. The maximum atomic E-state index is 6.79. The van der Waals surface area contributed by atoms with Crippen LogP contribution in [0.4, 0.5) is 0 Å². The molecule has 2 aromatic carbocycles. The summed E-state index contributed by atoms with van der Waals surface area (Å²) in [5.74, 6) is 0.997. The third kappa shape index (κ3) is 3.70. The van der Waals surface area contributed by atoms with Crippen LogP contribution in [0, 0.1) is 0 Å². The second kappa shape index (κ2) is 6.98. The summed E-state index contributed by atoms with van der Waals surface area (Å²) in [5.41, 5.74) is 5.05. The molecule has 0 spiro atoms. The van der Waals surface area contributed by atoms with Gasteiger partial charge in [-0.15, -0.1) is 11.6 Å². The summed E-state index contributed by atoms with van der Waals surface area (Å²) in [6.07, 6.45) is 0. The monoisotopic (exact) mass is 364 g/mol. The van der Waals surface area contributed by atoms with Crippen LogP contribution in [0.1, 0.15) is 67.2 Å². The Kier molecular flexibility index (Phi) is 5.51. The van der Waals surface area contributed by atoms with Crippen molar-refractivity contribution in [1.29, 1.82) is 0 Å². The van der Waals surface area contributed by atoms with Gasteiger partial charge in [0.15, 0.2) is 0 Å². The maximum absolute atomic E-state index is 6.79. The Morgan fingerprint density at radius 2 is 1.48 bits per heavy atom. The van der Waals surface area contributed by atoms with Crippen molar-refractivity contribution in [2.45, 2.75) is 44.9 Å². The normalized spacial score (nSPS) is 13.0. The molecule has 0 aliphatic carbocycles. The van der Waals surface area contributed by atoms with Crippen LogP contribution < -0.4 is 0 Å². The van der Waals surface area contributed by atoms with Gasteiger partial charge in [-0.2, -0.15) is 0 Å². The quantitative estimate of drug-likeness (QED) is 0.510. The molecule has 0 fully saturated rings. The number of rotatable bonds is 4. The minimum absolute atomic E-state index is 0.126. The maximum Gasteiger partial charge on any atom is 0.0849 e. The van der Waals surface area contributed by atoms with Gasteiger partial charge in [0.1, 0.15) is 0 Å². The topological polar surface area (TPSA) is 0 Å². The van der Waals surface area contributed by atoms with Crippen LogP contribution in [0.2, 0.25) is 0 Å². The predicted molar refractivity (Wildman–Crippen MR) is 96.5 cm³/mol. The SMILES string of the molecule is CC(C)c1ccc(C(Cl)c2ccccc2Br)c(C(C)C)c1. The van der Waals surface area contributed by atoms with Gasteiger partial charge in [0.25, 0.3) is 0 Å². The molecule has 0 aromatic heterocycles. The third-order valence-electron chi connectivity index (χ3n) is 3.85. The van der Waals surface area contributed by atoms with Gasteiger partial charge in [0.05, 0.1) is 5.38 Å². The highest BCUT2D eigenvalue weighted by atomic mass is 79.9. The van der Waals surface area contributed by atoms with Gasteiger partial charge in [-0.25, -0.2) is 0 Å². The van der Waals surface area contributed by atoms with Crippen LogP contribution in [0.15, 0.2) is 46.9 Å². The largest absolute Gasteiger partial charge is 0.113 e. The average molecular weight is 366 g/mol. The summed E-state index contributed by atoms with van der Waals surface area (Å²) in [5, 5.41) is -0.126. The highest BCUT2D eigenvalue weighted by Gasteiger charge is 2.19. The van der Waals surface area contributed by atoms with Crippen molar-refractivity contribution < 1.29 is 0 Å². The summed E-state index contributed by atoms with van der Waals surface area (Å²) in [6, 6.07) is 14.9. The van der Waals surface area contributed by atoms with Gasteiger partial charge >= 0.3 is 0 Å². The molecule has 0 saturated heterocycles. The van der Waals surface area contributed by atoms with Gasteiger partial charge in [-0.05, 0) is 40.2 Å². The van der Waals surface area contributed by atoms with Gasteiger partial charge < -0.3 is 0 Å². The molecule has 2 heteroatoms. The smallest absolute Gasteiger partial charge is 0.0849 e. The third-order valence-corrected chi connectivity index (χ3v) is 5.04. The van der Waals surface area contributed by atoms with Crippen LogP contribution in [0.3, 0.4) is 0 Å². The molecule has 0 bridgehead atoms. The summed E-state index contributed by atoms with van der Waals surface area (Å²) in [6.45, 7) is 8.91. The van der Waals surface area contributed by atoms with Crippen LogP contribution in [-0.2, 0) is 0 Å². The lowest BCUT2D eigenvalue weighted by Crippen LogP contribution is -2.03. The molecule has 0 amide bonds. The van der Waals surface area contributed by atoms with Crippen molar-refractivity contribution in [3.8, 4) is 0 Å². The van der Waals surface area contributed by atoms with Crippen LogP contribution in [0.25, 0.3) is 0 Å². The van der Waals surface area contributed by atoms with Crippen molar-refractivity contribution in [2.24, 2.45) is 0 Å². The molecule has 1 unspecified atom stereocenters. The second-order valence-electron chi connectivity index (χ2n) is 6.08. The molecule has 21 heavy (non-hydrogen) atoms. The Balaban J connectivity index is 2.50. The lowest BCUT2D eigenvalue weighted by atomic mass is 9.89. The average Bonchev–Trinajstić information content (AvgIpc) is 2.46. The van der Waals surface area contributed by atoms with Gasteiger partial charge in [-0.1, -0.05) is 80.0 Å². The van der Waals surface area contributed by atoms with E-state index in [9.17, 15) is 0 Å². The molecule has 0 radical (unpaired) electrons. The molecule has 2 aromatic rings.